The van der Waals surface area contributed by atoms with Crippen molar-refractivity contribution in [2.24, 2.45) is 17.8 Å². The molecule has 1 aromatic rings. The summed E-state index contributed by atoms with van der Waals surface area (Å²) in [4.78, 5) is 15.2. The van der Waals surface area contributed by atoms with Gasteiger partial charge in [0.25, 0.3) is 0 Å². The fourth-order valence-electron chi connectivity index (χ4n) is 5.71. The first-order valence-electron chi connectivity index (χ1n) is 10.1. The minimum absolute atomic E-state index is 0.0454. The number of nitrogens with zero attached hydrogens (tertiary/aromatic N) is 1. The Hall–Kier alpha value is -1.91. The number of nitrogens with one attached hydrogen (secondary N) is 1. The van der Waals surface area contributed by atoms with Crippen LogP contribution in [0.25, 0.3) is 0 Å². The summed E-state index contributed by atoms with van der Waals surface area (Å²) in [5.41, 5.74) is 1.06. The molecule has 5 nitrogen and oxygen atoms in total. The van der Waals surface area contributed by atoms with Crippen LogP contribution in [0.1, 0.15) is 50.6 Å². The first-order chi connectivity index (χ1) is 12.7. The van der Waals surface area contributed by atoms with E-state index < -0.39 is 0 Å². The van der Waals surface area contributed by atoms with Crippen LogP contribution in [0.5, 0.6) is 11.5 Å². The van der Waals surface area contributed by atoms with Crippen LogP contribution >= 0.6 is 0 Å². The summed E-state index contributed by atoms with van der Waals surface area (Å²) in [6.07, 6.45) is 6.47. The normalized spacial score (nSPS) is 32.9. The van der Waals surface area contributed by atoms with Crippen LogP contribution in [0.2, 0.25) is 0 Å². The summed E-state index contributed by atoms with van der Waals surface area (Å²) < 4.78 is 11.3. The number of fused-ring (bicyclic) bond motifs is 2. The average Bonchev–Trinajstić information content (AvgIpc) is 2.84. The summed E-state index contributed by atoms with van der Waals surface area (Å²) >= 11 is 0. The summed E-state index contributed by atoms with van der Waals surface area (Å²) in [5, 5.41) is 3.23. The predicted octanol–water partition coefficient (Wildman–Crippen LogP) is 3.74. The lowest BCUT2D eigenvalue weighted by molar-refractivity contribution is 0.130. The Morgan fingerprint density at radius 2 is 1.73 bits per heavy atom. The lowest BCUT2D eigenvalue weighted by atomic mass is 9.68. The van der Waals surface area contributed by atoms with Crippen molar-refractivity contribution < 1.29 is 14.3 Å². The zero-order chi connectivity index (χ0) is 17.7. The Kier molecular flexibility index (Phi) is 3.98. The highest BCUT2D eigenvalue weighted by Crippen LogP contribution is 2.47. The zero-order valence-corrected chi connectivity index (χ0v) is 15.4. The van der Waals surface area contributed by atoms with E-state index in [0.717, 1.165) is 35.4 Å². The van der Waals surface area contributed by atoms with Gasteiger partial charge in [0.05, 0.1) is 6.04 Å². The highest BCUT2D eigenvalue weighted by atomic mass is 16.6. The van der Waals surface area contributed by atoms with Gasteiger partial charge in [0.1, 0.15) is 13.2 Å². The van der Waals surface area contributed by atoms with E-state index in [2.05, 4.69) is 10.2 Å². The van der Waals surface area contributed by atoms with Crippen molar-refractivity contribution in [1.29, 1.82) is 0 Å². The molecule has 0 aromatic heterocycles. The molecule has 2 saturated heterocycles. The number of carbonyl (C=O) groups is 1. The fraction of sp³-hybridized carbons (Fsp3) is 0.667. The molecule has 3 atom stereocenters. The molecule has 5 heteroatoms. The van der Waals surface area contributed by atoms with Crippen LogP contribution in [0, 0.1) is 17.8 Å². The largest absolute Gasteiger partial charge is 0.486 e. The van der Waals surface area contributed by atoms with Gasteiger partial charge >= 0.3 is 6.03 Å². The molecule has 3 aliphatic heterocycles. The summed E-state index contributed by atoms with van der Waals surface area (Å²) in [6.45, 7) is 4.16. The first-order valence-corrected chi connectivity index (χ1v) is 10.1. The van der Waals surface area contributed by atoms with E-state index in [-0.39, 0.29) is 12.1 Å². The van der Waals surface area contributed by atoms with Gasteiger partial charge in [-0.15, -0.1) is 0 Å². The molecule has 26 heavy (non-hydrogen) atoms. The van der Waals surface area contributed by atoms with Gasteiger partial charge in [-0.3, -0.25) is 0 Å². The van der Waals surface area contributed by atoms with Crippen LogP contribution in [-0.2, 0) is 0 Å². The SMILES string of the molecule is CC(NC(=O)N1CC2CC3CC(C2)CC1C3)c1ccc2c(c1)OCCO2. The van der Waals surface area contributed by atoms with Crippen molar-refractivity contribution in [1.82, 2.24) is 10.2 Å². The maximum absolute atomic E-state index is 13.0. The smallest absolute Gasteiger partial charge is 0.318 e. The second kappa shape index (κ2) is 6.36. The van der Waals surface area contributed by atoms with Crippen LogP contribution < -0.4 is 14.8 Å². The zero-order valence-electron chi connectivity index (χ0n) is 15.4. The van der Waals surface area contributed by atoms with Gasteiger partial charge in [0.15, 0.2) is 11.5 Å². The van der Waals surface area contributed by atoms with Gasteiger partial charge in [-0.25, -0.2) is 4.79 Å². The van der Waals surface area contributed by atoms with Gasteiger partial charge in [0.2, 0.25) is 0 Å². The van der Waals surface area contributed by atoms with E-state index in [1.807, 2.05) is 25.1 Å². The molecule has 2 amide bonds. The number of ether oxygens (including phenoxy) is 2. The van der Waals surface area contributed by atoms with E-state index in [0.29, 0.717) is 25.2 Å². The van der Waals surface area contributed by atoms with Crippen LogP contribution in [0.15, 0.2) is 18.2 Å². The van der Waals surface area contributed by atoms with Crippen molar-refractivity contribution in [2.75, 3.05) is 19.8 Å². The first kappa shape index (κ1) is 16.3. The third kappa shape index (κ3) is 2.91. The van der Waals surface area contributed by atoms with Gasteiger partial charge in [-0.2, -0.15) is 0 Å². The fourth-order valence-corrected chi connectivity index (χ4v) is 5.71. The van der Waals surface area contributed by atoms with Gasteiger partial charge < -0.3 is 19.7 Å². The lowest BCUT2D eigenvalue weighted by Crippen LogP contribution is -2.47. The highest BCUT2D eigenvalue weighted by molar-refractivity contribution is 5.75. The number of carbonyl (C=O) groups excluding carboxylic acids is 1. The van der Waals surface area contributed by atoms with E-state index in [1.165, 1.54) is 32.1 Å². The number of hydrogen-bond donors (Lipinski definition) is 1. The number of hydrogen-bond acceptors (Lipinski definition) is 3. The predicted molar refractivity (Wildman–Crippen MR) is 98.4 cm³/mol. The second-order valence-corrected chi connectivity index (χ2v) is 8.66. The van der Waals surface area contributed by atoms with Gasteiger partial charge in [-0.05, 0) is 74.5 Å². The van der Waals surface area contributed by atoms with E-state index in [4.69, 9.17) is 9.47 Å². The summed E-state index contributed by atoms with van der Waals surface area (Å²) in [5.74, 6) is 3.98. The molecule has 2 saturated carbocycles. The molecular weight excluding hydrogens is 328 g/mol. The molecule has 1 aromatic carbocycles. The molecule has 3 unspecified atom stereocenters. The number of rotatable bonds is 2. The van der Waals surface area contributed by atoms with Gasteiger partial charge in [0, 0.05) is 12.6 Å². The van der Waals surface area contributed by atoms with Crippen LogP contribution in [0.4, 0.5) is 4.79 Å². The van der Waals surface area contributed by atoms with Gasteiger partial charge in [-0.1, -0.05) is 6.07 Å². The third-order valence-electron chi connectivity index (χ3n) is 6.77. The van der Waals surface area contributed by atoms with Crippen molar-refractivity contribution in [3.05, 3.63) is 23.8 Å². The molecule has 4 bridgehead atoms. The topological polar surface area (TPSA) is 50.8 Å². The molecule has 3 heterocycles. The van der Waals surface area contributed by atoms with Crippen LogP contribution in [0.3, 0.4) is 0 Å². The average molecular weight is 356 g/mol. The van der Waals surface area contributed by atoms with E-state index >= 15 is 0 Å². The Bertz CT molecular complexity index is 692. The van der Waals surface area contributed by atoms with Crippen LogP contribution in [-0.4, -0.2) is 36.7 Å². The van der Waals surface area contributed by atoms with Crippen molar-refractivity contribution >= 4 is 6.03 Å². The monoisotopic (exact) mass is 356 g/mol. The minimum atomic E-state index is -0.0454. The molecule has 0 radical (unpaired) electrons. The molecule has 6 rings (SSSR count). The second-order valence-electron chi connectivity index (χ2n) is 8.66. The maximum atomic E-state index is 13.0. The Balaban J connectivity index is 1.29. The number of urea groups is 1. The molecule has 5 aliphatic rings. The molecule has 2 aliphatic carbocycles. The van der Waals surface area contributed by atoms with E-state index in [1.54, 1.807) is 0 Å². The lowest BCUT2D eigenvalue weighted by Gasteiger charge is -2.39. The standard InChI is InChI=1S/C21H28N2O3/c1-13(17-2-3-19-20(11-17)26-5-4-25-19)22-21(24)23-12-16-7-14-6-15(8-16)10-18(23)9-14/h2-3,11,13-16,18H,4-10,12H2,1H3,(H,22,24). The molecule has 0 spiro atoms. The number of benzene rings is 1. The van der Waals surface area contributed by atoms with Crippen molar-refractivity contribution in [3.8, 4) is 11.5 Å². The summed E-state index contributed by atoms with van der Waals surface area (Å²) in [7, 11) is 0. The van der Waals surface area contributed by atoms with Crippen molar-refractivity contribution in [2.45, 2.75) is 51.1 Å². The Morgan fingerprint density at radius 1 is 1.04 bits per heavy atom. The Labute approximate surface area is 155 Å². The molecule has 1 N–H and O–H groups in total. The quantitative estimate of drug-likeness (QED) is 0.878. The highest BCUT2D eigenvalue weighted by Gasteiger charge is 2.44. The Morgan fingerprint density at radius 3 is 2.50 bits per heavy atom. The third-order valence-corrected chi connectivity index (χ3v) is 6.77. The molecule has 4 fully saturated rings. The minimum Gasteiger partial charge on any atom is -0.486 e. The number of amides is 2. The summed E-state index contributed by atoms with van der Waals surface area (Å²) in [6, 6.07) is 6.46. The molecule has 140 valence electrons. The van der Waals surface area contributed by atoms with Crippen molar-refractivity contribution in [3.63, 3.8) is 0 Å². The molecular formula is C21H28N2O3. The van der Waals surface area contributed by atoms with E-state index in [9.17, 15) is 4.79 Å². The maximum Gasteiger partial charge on any atom is 0.318 e.